The molecule has 2 amide bonds. The van der Waals surface area contributed by atoms with Gasteiger partial charge in [-0.25, -0.2) is 0 Å². The van der Waals surface area contributed by atoms with E-state index in [2.05, 4.69) is 31.9 Å². The zero-order valence-electron chi connectivity index (χ0n) is 13.9. The first-order chi connectivity index (χ1) is 11.9. The molecule has 0 saturated carbocycles. The first-order valence-corrected chi connectivity index (χ1v) is 8.88. The summed E-state index contributed by atoms with van der Waals surface area (Å²) in [4.78, 5) is 23.9. The van der Waals surface area contributed by atoms with Gasteiger partial charge < -0.3 is 10.6 Å². The van der Waals surface area contributed by atoms with E-state index >= 15 is 0 Å². The molecule has 0 radical (unpaired) electrons. The molecular weight excluding hydrogens is 402 g/mol. The van der Waals surface area contributed by atoms with Gasteiger partial charge in [0, 0.05) is 22.3 Å². The zero-order valence-corrected chi connectivity index (χ0v) is 16.3. The number of carbonyl (C=O) groups is 2. The predicted octanol–water partition coefficient (Wildman–Crippen LogP) is 4.23. The molecule has 0 atom stereocenters. The third-order valence-electron chi connectivity index (χ3n) is 3.52. The Kier molecular flexibility index (Phi) is 6.66. The summed E-state index contributed by atoms with van der Waals surface area (Å²) in [5.41, 5.74) is 2.75. The summed E-state index contributed by atoms with van der Waals surface area (Å²) in [6.07, 6.45) is 0.400. The van der Waals surface area contributed by atoms with Crippen molar-refractivity contribution in [1.82, 2.24) is 5.32 Å². The van der Waals surface area contributed by atoms with Crippen LogP contribution in [0.2, 0.25) is 0 Å². The van der Waals surface area contributed by atoms with E-state index in [9.17, 15) is 9.59 Å². The number of benzene rings is 2. The molecule has 0 spiro atoms. The number of amides is 2. The van der Waals surface area contributed by atoms with Gasteiger partial charge in [0.05, 0.1) is 5.56 Å². The quantitative estimate of drug-likeness (QED) is 0.648. The lowest BCUT2D eigenvalue weighted by Gasteiger charge is -2.15. The molecule has 0 heterocycles. The average molecular weight is 420 g/mol. The number of nitrogens with one attached hydrogen (secondary N) is 3. The summed E-state index contributed by atoms with van der Waals surface area (Å²) in [5, 5.41) is 8.66. The van der Waals surface area contributed by atoms with Gasteiger partial charge in [0.15, 0.2) is 5.11 Å². The van der Waals surface area contributed by atoms with E-state index in [1.807, 2.05) is 25.1 Å². The van der Waals surface area contributed by atoms with Gasteiger partial charge in [-0.15, -0.1) is 0 Å². The molecule has 0 fully saturated rings. The van der Waals surface area contributed by atoms with E-state index in [1.165, 1.54) is 0 Å². The topological polar surface area (TPSA) is 70.2 Å². The number of thiocarbonyl (C=S) groups is 1. The molecule has 0 aliphatic carbocycles. The van der Waals surface area contributed by atoms with Crippen molar-refractivity contribution in [2.75, 3.05) is 10.6 Å². The van der Waals surface area contributed by atoms with Crippen LogP contribution in [0, 0.1) is 6.92 Å². The van der Waals surface area contributed by atoms with Crippen LogP contribution in [-0.4, -0.2) is 16.9 Å². The van der Waals surface area contributed by atoms with E-state index in [0.717, 1.165) is 5.56 Å². The maximum absolute atomic E-state index is 12.3. The van der Waals surface area contributed by atoms with Crippen molar-refractivity contribution in [1.29, 1.82) is 0 Å². The summed E-state index contributed by atoms with van der Waals surface area (Å²) in [5.74, 6) is -0.372. The van der Waals surface area contributed by atoms with Gasteiger partial charge in [0.2, 0.25) is 5.91 Å². The Balaban J connectivity index is 2.08. The smallest absolute Gasteiger partial charge is 0.258 e. The molecule has 5 nitrogen and oxygen atoms in total. The van der Waals surface area contributed by atoms with Crippen molar-refractivity contribution >= 4 is 56.4 Å². The monoisotopic (exact) mass is 419 g/mol. The highest BCUT2D eigenvalue weighted by Crippen LogP contribution is 2.23. The molecule has 7 heteroatoms. The molecule has 0 aromatic heterocycles. The van der Waals surface area contributed by atoms with Gasteiger partial charge >= 0.3 is 0 Å². The van der Waals surface area contributed by atoms with Crippen molar-refractivity contribution < 1.29 is 9.59 Å². The zero-order chi connectivity index (χ0) is 18.4. The van der Waals surface area contributed by atoms with Crippen LogP contribution in [0.25, 0.3) is 0 Å². The van der Waals surface area contributed by atoms with Gasteiger partial charge in [-0.1, -0.05) is 25.1 Å². The highest BCUT2D eigenvalue weighted by molar-refractivity contribution is 9.10. The molecular formula is C18H18BrN3O2S. The minimum absolute atomic E-state index is 0.0648. The normalized spacial score (nSPS) is 10.0. The summed E-state index contributed by atoms with van der Waals surface area (Å²) in [6, 6.07) is 12.5. The minimum atomic E-state index is -0.307. The molecule has 25 heavy (non-hydrogen) atoms. The Morgan fingerprint density at radius 3 is 2.32 bits per heavy atom. The van der Waals surface area contributed by atoms with Crippen LogP contribution in [0.4, 0.5) is 11.4 Å². The van der Waals surface area contributed by atoms with Gasteiger partial charge in [0.25, 0.3) is 5.91 Å². The summed E-state index contributed by atoms with van der Waals surface area (Å²) < 4.78 is 0.691. The highest BCUT2D eigenvalue weighted by Gasteiger charge is 2.12. The number of halogens is 1. The van der Waals surface area contributed by atoms with Crippen molar-refractivity contribution in [2.45, 2.75) is 20.3 Å². The van der Waals surface area contributed by atoms with Crippen molar-refractivity contribution in [3.8, 4) is 0 Å². The minimum Gasteiger partial charge on any atom is -0.332 e. The Hall–Kier alpha value is -2.25. The van der Waals surface area contributed by atoms with Crippen LogP contribution in [0.5, 0.6) is 0 Å². The fraction of sp³-hybridized carbons (Fsp3) is 0.167. The number of hydrogen-bond donors (Lipinski definition) is 3. The first-order valence-electron chi connectivity index (χ1n) is 7.68. The van der Waals surface area contributed by atoms with E-state index in [4.69, 9.17) is 12.2 Å². The highest BCUT2D eigenvalue weighted by atomic mass is 79.9. The molecule has 0 saturated heterocycles. The maximum atomic E-state index is 12.3. The van der Waals surface area contributed by atoms with Crippen LogP contribution in [-0.2, 0) is 4.79 Å². The SMILES string of the molecule is CCC(=O)Nc1cccc(NC(=S)NC(=O)c2ccccc2Br)c1C. The van der Waals surface area contributed by atoms with Gasteiger partial charge in [-0.3, -0.25) is 14.9 Å². The number of carbonyl (C=O) groups excluding carboxylic acids is 2. The Morgan fingerprint density at radius 1 is 1.04 bits per heavy atom. The Morgan fingerprint density at radius 2 is 1.68 bits per heavy atom. The van der Waals surface area contributed by atoms with E-state index in [0.29, 0.717) is 27.8 Å². The van der Waals surface area contributed by atoms with E-state index < -0.39 is 0 Å². The summed E-state index contributed by atoms with van der Waals surface area (Å²) in [6.45, 7) is 3.66. The molecule has 0 bridgehead atoms. The fourth-order valence-corrected chi connectivity index (χ4v) is 2.78. The second-order valence-corrected chi connectivity index (χ2v) is 6.53. The fourth-order valence-electron chi connectivity index (χ4n) is 2.11. The molecule has 3 N–H and O–H groups in total. The Labute approximate surface area is 160 Å². The lowest BCUT2D eigenvalue weighted by Crippen LogP contribution is -2.34. The molecule has 130 valence electrons. The first kappa shape index (κ1) is 19.1. The molecule has 0 aliphatic heterocycles. The number of hydrogen-bond acceptors (Lipinski definition) is 3. The van der Waals surface area contributed by atoms with Crippen LogP contribution in [0.3, 0.4) is 0 Å². The maximum Gasteiger partial charge on any atom is 0.258 e. The van der Waals surface area contributed by atoms with Crippen LogP contribution >= 0.6 is 28.1 Å². The molecule has 2 rings (SSSR count). The standard InChI is InChI=1S/C18H18BrN3O2S/c1-3-16(23)20-14-9-6-10-15(11(14)2)21-18(25)22-17(24)12-7-4-5-8-13(12)19/h4-10H,3H2,1-2H3,(H,20,23)(H2,21,22,24,25). The van der Waals surface area contributed by atoms with E-state index in [-0.39, 0.29) is 16.9 Å². The lowest BCUT2D eigenvalue weighted by molar-refractivity contribution is -0.115. The van der Waals surface area contributed by atoms with Gasteiger partial charge in [-0.2, -0.15) is 0 Å². The van der Waals surface area contributed by atoms with E-state index in [1.54, 1.807) is 31.2 Å². The van der Waals surface area contributed by atoms with Crippen LogP contribution < -0.4 is 16.0 Å². The van der Waals surface area contributed by atoms with Crippen LogP contribution in [0.1, 0.15) is 29.3 Å². The molecule has 0 aliphatic rings. The number of anilines is 2. The third kappa shape index (κ3) is 5.11. The third-order valence-corrected chi connectivity index (χ3v) is 4.42. The Bertz CT molecular complexity index is 824. The van der Waals surface area contributed by atoms with Crippen molar-refractivity contribution in [3.63, 3.8) is 0 Å². The second-order valence-electron chi connectivity index (χ2n) is 5.27. The average Bonchev–Trinajstić information content (AvgIpc) is 2.58. The molecule has 2 aromatic rings. The largest absolute Gasteiger partial charge is 0.332 e. The van der Waals surface area contributed by atoms with Crippen molar-refractivity contribution in [2.24, 2.45) is 0 Å². The summed E-state index contributed by atoms with van der Waals surface area (Å²) >= 11 is 8.56. The molecule has 0 unspecified atom stereocenters. The van der Waals surface area contributed by atoms with Crippen molar-refractivity contribution in [3.05, 3.63) is 58.1 Å². The van der Waals surface area contributed by atoms with Crippen LogP contribution in [0.15, 0.2) is 46.9 Å². The summed E-state index contributed by atoms with van der Waals surface area (Å²) in [7, 11) is 0. The predicted molar refractivity (Wildman–Crippen MR) is 108 cm³/mol. The number of rotatable bonds is 4. The van der Waals surface area contributed by atoms with Gasteiger partial charge in [-0.05, 0) is 64.9 Å². The van der Waals surface area contributed by atoms with Gasteiger partial charge in [0.1, 0.15) is 0 Å². The second kappa shape index (κ2) is 8.73. The lowest BCUT2D eigenvalue weighted by atomic mass is 10.1. The molecule has 2 aromatic carbocycles.